The predicted molar refractivity (Wildman–Crippen MR) is 47.5 cm³/mol. The van der Waals surface area contributed by atoms with Gasteiger partial charge in [-0.15, -0.1) is 0 Å². The molecule has 1 N–H and O–H groups in total. The molecule has 1 aliphatic heterocycles. The smallest absolute Gasteiger partial charge is 0.273 e. The highest BCUT2D eigenvalue weighted by Crippen LogP contribution is 2.44. The maximum Gasteiger partial charge on any atom is 0.428 e. The molecule has 15 heavy (non-hydrogen) atoms. The number of rotatable bonds is 1. The molecule has 0 fully saturated rings. The largest absolute Gasteiger partial charge is 0.428 e. The zero-order chi connectivity index (χ0) is 10.9. The fourth-order valence-corrected chi connectivity index (χ4v) is 1.47. The number of benzene rings is 1. The fraction of sp³-hybridized carbons (Fsp3) is 0.200. The van der Waals surface area contributed by atoms with Crippen LogP contribution in [0.1, 0.15) is 5.56 Å². The molecular weight excluding hydrogens is 207 g/mol. The maximum absolute atomic E-state index is 12.9. The Balaban J connectivity index is 2.50. The maximum atomic E-state index is 12.9. The highest BCUT2D eigenvalue weighted by Gasteiger charge is 2.58. The Labute approximate surface area is 84.3 Å². The first kappa shape index (κ1) is 10.0. The van der Waals surface area contributed by atoms with E-state index in [4.69, 9.17) is 0 Å². The second-order valence-electron chi connectivity index (χ2n) is 3.15. The van der Waals surface area contributed by atoms with Gasteiger partial charge in [0.1, 0.15) is 0 Å². The molecule has 1 aromatic rings. The molecule has 0 saturated carbocycles. The van der Waals surface area contributed by atoms with E-state index >= 15 is 0 Å². The molecule has 1 aromatic carbocycles. The Bertz CT molecular complexity index is 374. The van der Waals surface area contributed by atoms with Crippen molar-refractivity contribution < 1.29 is 18.0 Å². The molecule has 0 spiro atoms. The van der Waals surface area contributed by atoms with Gasteiger partial charge in [0.15, 0.2) is 0 Å². The quantitative estimate of drug-likeness (QED) is 0.777. The van der Waals surface area contributed by atoms with Gasteiger partial charge in [0.05, 0.1) is 0 Å². The molecule has 1 heterocycles. The van der Waals surface area contributed by atoms with E-state index in [9.17, 15) is 13.2 Å². The first-order valence-electron chi connectivity index (χ1n) is 4.30. The van der Waals surface area contributed by atoms with Gasteiger partial charge in [0.2, 0.25) is 5.60 Å². The normalized spacial score (nSPS) is 25.3. The van der Waals surface area contributed by atoms with E-state index in [1.807, 2.05) is 0 Å². The van der Waals surface area contributed by atoms with Crippen molar-refractivity contribution in [1.29, 1.82) is 0 Å². The van der Waals surface area contributed by atoms with E-state index in [0.717, 1.165) is 12.3 Å². The van der Waals surface area contributed by atoms with Crippen molar-refractivity contribution in [2.75, 3.05) is 0 Å². The first-order valence-corrected chi connectivity index (χ1v) is 4.30. The van der Waals surface area contributed by atoms with Crippen molar-refractivity contribution in [2.24, 2.45) is 0 Å². The highest BCUT2D eigenvalue weighted by atomic mass is 19.4. The predicted octanol–water partition coefficient (Wildman–Crippen LogP) is 2.49. The van der Waals surface area contributed by atoms with Crippen molar-refractivity contribution in [1.82, 2.24) is 5.48 Å². The summed E-state index contributed by atoms with van der Waals surface area (Å²) in [6, 6.07) is 7.49. The summed E-state index contributed by atoms with van der Waals surface area (Å²) in [7, 11) is 0. The molecule has 0 aliphatic carbocycles. The molecule has 0 aromatic heterocycles. The summed E-state index contributed by atoms with van der Waals surface area (Å²) in [6.07, 6.45) is -2.39. The fourth-order valence-electron chi connectivity index (χ4n) is 1.47. The van der Waals surface area contributed by atoms with Gasteiger partial charge in [-0.05, 0) is 11.6 Å². The van der Waals surface area contributed by atoms with E-state index in [0.29, 0.717) is 0 Å². The Morgan fingerprint density at radius 3 is 2.27 bits per heavy atom. The van der Waals surface area contributed by atoms with Crippen LogP contribution < -0.4 is 5.48 Å². The van der Waals surface area contributed by atoms with Gasteiger partial charge in [0.25, 0.3) is 0 Å². The first-order chi connectivity index (χ1) is 7.06. The SMILES string of the molecule is FC(F)(F)C1(c2ccccc2)C=CNO1. The number of hydrogen-bond acceptors (Lipinski definition) is 2. The van der Waals surface area contributed by atoms with Gasteiger partial charge in [-0.1, -0.05) is 30.3 Å². The lowest BCUT2D eigenvalue weighted by atomic mass is 9.93. The standard InChI is InChI=1S/C10H8F3NO/c11-10(12,13)9(6-7-14-15-9)8-4-2-1-3-5-8/h1-7,14H. The molecule has 2 nitrogen and oxygen atoms in total. The van der Waals surface area contributed by atoms with Crippen molar-refractivity contribution in [3.05, 3.63) is 48.2 Å². The topological polar surface area (TPSA) is 21.3 Å². The Morgan fingerprint density at radius 1 is 1.13 bits per heavy atom. The summed E-state index contributed by atoms with van der Waals surface area (Å²) in [4.78, 5) is 4.60. The van der Waals surface area contributed by atoms with Crippen molar-refractivity contribution in [3.8, 4) is 0 Å². The summed E-state index contributed by atoms with van der Waals surface area (Å²) >= 11 is 0. The van der Waals surface area contributed by atoms with Gasteiger partial charge < -0.3 is 0 Å². The molecule has 1 unspecified atom stereocenters. The molecule has 0 bridgehead atoms. The molecule has 80 valence electrons. The molecule has 0 radical (unpaired) electrons. The summed E-state index contributed by atoms with van der Waals surface area (Å²) in [5, 5.41) is 0. The Kier molecular flexibility index (Phi) is 2.19. The minimum Gasteiger partial charge on any atom is -0.273 e. The Morgan fingerprint density at radius 2 is 1.80 bits per heavy atom. The highest BCUT2D eigenvalue weighted by molar-refractivity contribution is 5.31. The number of halogens is 3. The molecule has 5 heteroatoms. The number of nitrogens with one attached hydrogen (secondary N) is 1. The molecular formula is C10H8F3NO. The van der Waals surface area contributed by atoms with Crippen LogP contribution in [0.2, 0.25) is 0 Å². The monoisotopic (exact) mass is 215 g/mol. The van der Waals surface area contributed by atoms with E-state index in [-0.39, 0.29) is 5.56 Å². The summed E-state index contributed by atoms with van der Waals surface area (Å²) < 4.78 is 38.7. The van der Waals surface area contributed by atoms with E-state index < -0.39 is 11.8 Å². The summed E-state index contributed by atoms with van der Waals surface area (Å²) in [5.74, 6) is 0. The van der Waals surface area contributed by atoms with Gasteiger partial charge in [-0.3, -0.25) is 10.3 Å². The zero-order valence-corrected chi connectivity index (χ0v) is 7.58. The van der Waals surface area contributed by atoms with Crippen LogP contribution >= 0.6 is 0 Å². The number of hydroxylamine groups is 1. The van der Waals surface area contributed by atoms with Crippen LogP contribution in [0, 0.1) is 0 Å². The second-order valence-corrected chi connectivity index (χ2v) is 3.15. The van der Waals surface area contributed by atoms with Crippen LogP contribution in [-0.4, -0.2) is 6.18 Å². The minimum atomic E-state index is -4.49. The number of hydrogen-bond donors (Lipinski definition) is 1. The van der Waals surface area contributed by atoms with Crippen molar-refractivity contribution in [3.63, 3.8) is 0 Å². The third-order valence-corrected chi connectivity index (χ3v) is 2.23. The molecule has 0 saturated heterocycles. The lowest BCUT2D eigenvalue weighted by Gasteiger charge is -2.28. The van der Waals surface area contributed by atoms with Crippen LogP contribution in [0.5, 0.6) is 0 Å². The van der Waals surface area contributed by atoms with Gasteiger partial charge in [-0.2, -0.15) is 13.2 Å². The lowest BCUT2D eigenvalue weighted by molar-refractivity contribution is -0.269. The second kappa shape index (κ2) is 3.27. The van der Waals surface area contributed by atoms with Gasteiger partial charge in [0, 0.05) is 6.20 Å². The van der Waals surface area contributed by atoms with Gasteiger partial charge >= 0.3 is 6.18 Å². The minimum absolute atomic E-state index is 0.0544. The lowest BCUT2D eigenvalue weighted by Crippen LogP contribution is -2.42. The van der Waals surface area contributed by atoms with Crippen LogP contribution in [0.4, 0.5) is 13.2 Å². The molecule has 1 aliphatic rings. The van der Waals surface area contributed by atoms with Crippen LogP contribution in [0.15, 0.2) is 42.6 Å². The van der Waals surface area contributed by atoms with E-state index in [2.05, 4.69) is 10.3 Å². The molecule has 2 rings (SSSR count). The van der Waals surface area contributed by atoms with E-state index in [1.165, 1.54) is 12.1 Å². The van der Waals surface area contributed by atoms with Crippen LogP contribution in [0.25, 0.3) is 0 Å². The third kappa shape index (κ3) is 1.48. The van der Waals surface area contributed by atoms with E-state index in [1.54, 1.807) is 18.2 Å². The average Bonchev–Trinajstić information content (AvgIpc) is 2.68. The Hall–Kier alpha value is -1.49. The number of alkyl halides is 3. The average molecular weight is 215 g/mol. The van der Waals surface area contributed by atoms with Crippen molar-refractivity contribution >= 4 is 0 Å². The summed E-state index contributed by atoms with van der Waals surface area (Å²) in [5.41, 5.74) is -0.195. The van der Waals surface area contributed by atoms with Gasteiger partial charge in [-0.25, -0.2) is 0 Å². The van der Waals surface area contributed by atoms with Crippen molar-refractivity contribution in [2.45, 2.75) is 11.8 Å². The molecule has 0 amide bonds. The van der Waals surface area contributed by atoms with Crippen LogP contribution in [0.3, 0.4) is 0 Å². The summed E-state index contributed by atoms with van der Waals surface area (Å²) in [6.45, 7) is 0. The third-order valence-electron chi connectivity index (χ3n) is 2.23. The zero-order valence-electron chi connectivity index (χ0n) is 7.58. The van der Waals surface area contributed by atoms with Crippen LogP contribution in [-0.2, 0) is 10.4 Å². The molecule has 1 atom stereocenters.